The van der Waals surface area contributed by atoms with Crippen LogP contribution in [0.2, 0.25) is 5.02 Å². The quantitative estimate of drug-likeness (QED) is 0.764. The van der Waals surface area contributed by atoms with Gasteiger partial charge in [-0.25, -0.2) is 0 Å². The molecule has 1 aromatic carbocycles. The standard InChI is InChI=1S/C17H13ClN4O2/c18-12-6-8-19-14(9-12)17(24)21-10-15(23)22-13-5-1-3-11-4-2-7-20-16(11)13/h1-9H,10H2,(H,21,24)(H,22,23). The van der Waals surface area contributed by atoms with Crippen LogP contribution in [0.5, 0.6) is 0 Å². The highest BCUT2D eigenvalue weighted by molar-refractivity contribution is 6.30. The first-order chi connectivity index (χ1) is 11.6. The number of anilines is 1. The average Bonchev–Trinajstić information content (AvgIpc) is 2.60. The number of hydrogen-bond acceptors (Lipinski definition) is 4. The Balaban J connectivity index is 1.64. The van der Waals surface area contributed by atoms with E-state index in [1.54, 1.807) is 18.3 Å². The molecule has 2 aromatic heterocycles. The molecule has 0 bridgehead atoms. The predicted molar refractivity (Wildman–Crippen MR) is 92.0 cm³/mol. The van der Waals surface area contributed by atoms with Gasteiger partial charge in [0, 0.05) is 22.8 Å². The number of nitrogens with one attached hydrogen (secondary N) is 2. The fraction of sp³-hybridized carbons (Fsp3) is 0.0588. The molecular weight excluding hydrogens is 328 g/mol. The zero-order valence-corrected chi connectivity index (χ0v) is 13.2. The number of aromatic nitrogens is 2. The lowest BCUT2D eigenvalue weighted by Gasteiger charge is -2.09. The lowest BCUT2D eigenvalue weighted by Crippen LogP contribution is -2.33. The molecule has 0 aliphatic carbocycles. The van der Waals surface area contributed by atoms with Gasteiger partial charge < -0.3 is 10.6 Å². The van der Waals surface area contributed by atoms with Gasteiger partial charge in [-0.2, -0.15) is 0 Å². The smallest absolute Gasteiger partial charge is 0.270 e. The van der Waals surface area contributed by atoms with Gasteiger partial charge >= 0.3 is 0 Å². The number of fused-ring (bicyclic) bond motifs is 1. The van der Waals surface area contributed by atoms with Gasteiger partial charge in [-0.05, 0) is 24.3 Å². The Bertz CT molecular complexity index is 908. The Labute approximate surface area is 142 Å². The van der Waals surface area contributed by atoms with E-state index in [1.807, 2.05) is 24.3 Å². The van der Waals surface area contributed by atoms with Crippen LogP contribution in [0.3, 0.4) is 0 Å². The molecular formula is C17H13ClN4O2. The summed E-state index contributed by atoms with van der Waals surface area (Å²) in [5.41, 5.74) is 1.44. The van der Waals surface area contributed by atoms with Gasteiger partial charge in [0.15, 0.2) is 0 Å². The van der Waals surface area contributed by atoms with E-state index in [0.29, 0.717) is 16.2 Å². The number of carbonyl (C=O) groups excluding carboxylic acids is 2. The van der Waals surface area contributed by atoms with Gasteiger partial charge in [0.05, 0.1) is 17.7 Å². The van der Waals surface area contributed by atoms with Gasteiger partial charge in [-0.15, -0.1) is 0 Å². The van der Waals surface area contributed by atoms with Gasteiger partial charge in [-0.3, -0.25) is 19.6 Å². The van der Waals surface area contributed by atoms with Crippen LogP contribution in [0.15, 0.2) is 54.9 Å². The van der Waals surface area contributed by atoms with Crippen LogP contribution in [0.4, 0.5) is 5.69 Å². The molecule has 0 spiro atoms. The summed E-state index contributed by atoms with van der Waals surface area (Å²) in [7, 11) is 0. The lowest BCUT2D eigenvalue weighted by atomic mass is 10.2. The summed E-state index contributed by atoms with van der Waals surface area (Å²) >= 11 is 5.81. The van der Waals surface area contributed by atoms with E-state index >= 15 is 0 Å². The van der Waals surface area contributed by atoms with Crippen LogP contribution in [-0.4, -0.2) is 28.3 Å². The average molecular weight is 341 g/mol. The summed E-state index contributed by atoms with van der Waals surface area (Å²) in [6, 6.07) is 12.2. The molecule has 120 valence electrons. The number of pyridine rings is 2. The summed E-state index contributed by atoms with van der Waals surface area (Å²) in [5, 5.41) is 6.57. The second-order valence-electron chi connectivity index (χ2n) is 4.97. The molecule has 0 unspecified atom stereocenters. The minimum absolute atomic E-state index is 0.155. The SMILES string of the molecule is O=C(CNC(=O)c1cc(Cl)ccn1)Nc1cccc2cccnc12. The van der Waals surface area contributed by atoms with E-state index in [-0.39, 0.29) is 18.1 Å². The third-order valence-electron chi connectivity index (χ3n) is 3.27. The topological polar surface area (TPSA) is 84.0 Å². The van der Waals surface area contributed by atoms with Crippen molar-refractivity contribution in [1.29, 1.82) is 0 Å². The third-order valence-corrected chi connectivity index (χ3v) is 3.51. The largest absolute Gasteiger partial charge is 0.342 e. The number of hydrogen-bond donors (Lipinski definition) is 2. The van der Waals surface area contributed by atoms with Crippen molar-refractivity contribution >= 4 is 40.0 Å². The summed E-state index contributed by atoms with van der Waals surface area (Å²) in [6.07, 6.45) is 3.09. The van der Waals surface area contributed by atoms with Gasteiger partial charge in [0.25, 0.3) is 5.91 Å². The van der Waals surface area contributed by atoms with Crippen molar-refractivity contribution in [3.8, 4) is 0 Å². The summed E-state index contributed by atoms with van der Waals surface area (Å²) in [6.45, 7) is -0.184. The zero-order chi connectivity index (χ0) is 16.9. The Morgan fingerprint density at radius 1 is 1.04 bits per heavy atom. The number of amides is 2. The van der Waals surface area contributed by atoms with Crippen LogP contribution in [-0.2, 0) is 4.79 Å². The fourth-order valence-electron chi connectivity index (χ4n) is 2.18. The van der Waals surface area contributed by atoms with E-state index in [4.69, 9.17) is 11.6 Å². The van der Waals surface area contributed by atoms with Gasteiger partial charge in [0.1, 0.15) is 5.69 Å². The van der Waals surface area contributed by atoms with Crippen LogP contribution in [0, 0.1) is 0 Å². The van der Waals surface area contributed by atoms with Crippen molar-refractivity contribution in [3.05, 3.63) is 65.6 Å². The van der Waals surface area contributed by atoms with Gasteiger partial charge in [0.2, 0.25) is 5.91 Å². The Hall–Kier alpha value is -2.99. The molecule has 2 N–H and O–H groups in total. The van der Waals surface area contributed by atoms with Crippen LogP contribution in [0.25, 0.3) is 10.9 Å². The summed E-state index contributed by atoms with van der Waals surface area (Å²) < 4.78 is 0. The predicted octanol–water partition coefficient (Wildman–Crippen LogP) is 2.65. The summed E-state index contributed by atoms with van der Waals surface area (Å²) in [4.78, 5) is 32.2. The minimum Gasteiger partial charge on any atom is -0.342 e. The number of nitrogens with zero attached hydrogens (tertiary/aromatic N) is 2. The maximum atomic E-state index is 12.1. The molecule has 0 radical (unpaired) electrons. The van der Waals surface area contributed by atoms with Gasteiger partial charge in [-0.1, -0.05) is 29.8 Å². The second-order valence-corrected chi connectivity index (χ2v) is 5.41. The molecule has 3 rings (SSSR count). The van der Waals surface area contributed by atoms with E-state index in [2.05, 4.69) is 20.6 Å². The molecule has 7 heteroatoms. The Morgan fingerprint density at radius 3 is 2.71 bits per heavy atom. The second kappa shape index (κ2) is 7.06. The first kappa shape index (κ1) is 15.9. The van der Waals surface area contributed by atoms with E-state index in [1.165, 1.54) is 12.3 Å². The van der Waals surface area contributed by atoms with Crippen LogP contribution < -0.4 is 10.6 Å². The molecule has 0 aliphatic rings. The third kappa shape index (κ3) is 3.67. The lowest BCUT2D eigenvalue weighted by molar-refractivity contribution is -0.115. The van der Waals surface area contributed by atoms with Crippen molar-refractivity contribution in [2.75, 3.05) is 11.9 Å². The monoisotopic (exact) mass is 340 g/mol. The molecule has 2 heterocycles. The Morgan fingerprint density at radius 2 is 1.88 bits per heavy atom. The van der Waals surface area contributed by atoms with E-state index < -0.39 is 5.91 Å². The molecule has 0 aliphatic heterocycles. The van der Waals surface area contributed by atoms with Crippen LogP contribution in [0.1, 0.15) is 10.5 Å². The number of carbonyl (C=O) groups is 2. The maximum absolute atomic E-state index is 12.1. The molecule has 3 aromatic rings. The molecule has 6 nitrogen and oxygen atoms in total. The number of para-hydroxylation sites is 1. The zero-order valence-electron chi connectivity index (χ0n) is 12.5. The molecule has 24 heavy (non-hydrogen) atoms. The van der Waals surface area contributed by atoms with E-state index in [0.717, 1.165) is 5.39 Å². The Kier molecular flexibility index (Phi) is 4.67. The van der Waals surface area contributed by atoms with Crippen molar-refractivity contribution in [2.24, 2.45) is 0 Å². The fourth-order valence-corrected chi connectivity index (χ4v) is 2.34. The number of benzene rings is 1. The number of halogens is 1. The van der Waals surface area contributed by atoms with Crippen LogP contribution >= 0.6 is 11.6 Å². The van der Waals surface area contributed by atoms with Crippen molar-refractivity contribution in [2.45, 2.75) is 0 Å². The molecule has 0 saturated carbocycles. The highest BCUT2D eigenvalue weighted by atomic mass is 35.5. The van der Waals surface area contributed by atoms with E-state index in [9.17, 15) is 9.59 Å². The first-order valence-corrected chi connectivity index (χ1v) is 7.54. The molecule has 0 atom stereocenters. The maximum Gasteiger partial charge on any atom is 0.270 e. The van der Waals surface area contributed by atoms with Crippen molar-refractivity contribution < 1.29 is 9.59 Å². The highest BCUT2D eigenvalue weighted by Crippen LogP contribution is 2.20. The molecule has 0 fully saturated rings. The molecule has 0 saturated heterocycles. The van der Waals surface area contributed by atoms with Crippen molar-refractivity contribution in [3.63, 3.8) is 0 Å². The minimum atomic E-state index is -0.469. The summed E-state index contributed by atoms with van der Waals surface area (Å²) in [5.74, 6) is -0.827. The molecule has 2 amide bonds. The first-order valence-electron chi connectivity index (χ1n) is 7.17. The van der Waals surface area contributed by atoms with Crippen molar-refractivity contribution in [1.82, 2.24) is 15.3 Å². The highest BCUT2D eigenvalue weighted by Gasteiger charge is 2.11. The number of rotatable bonds is 4. The normalized spacial score (nSPS) is 10.4.